The lowest BCUT2D eigenvalue weighted by molar-refractivity contribution is 0.525. The predicted molar refractivity (Wildman–Crippen MR) is 70.5 cm³/mol. The molecule has 0 saturated heterocycles. The molecule has 0 aliphatic carbocycles. The second kappa shape index (κ2) is 4.78. The maximum atomic E-state index is 6.34. The number of nitrogens with zero attached hydrogens (tertiary/aromatic N) is 2. The van der Waals surface area contributed by atoms with Crippen LogP contribution in [0, 0.1) is 0 Å². The molecule has 0 saturated carbocycles. The van der Waals surface area contributed by atoms with E-state index in [0.29, 0.717) is 12.3 Å². The van der Waals surface area contributed by atoms with E-state index in [4.69, 9.17) is 16.0 Å². The van der Waals surface area contributed by atoms with Gasteiger partial charge in [0, 0.05) is 18.8 Å². The number of benzene rings is 1. The van der Waals surface area contributed by atoms with E-state index in [2.05, 4.69) is 9.97 Å². The summed E-state index contributed by atoms with van der Waals surface area (Å²) in [5.41, 5.74) is 2.69. The van der Waals surface area contributed by atoms with Gasteiger partial charge in [-0.3, -0.25) is 4.98 Å². The molecule has 2 aromatic heterocycles. The van der Waals surface area contributed by atoms with Gasteiger partial charge in [-0.05, 0) is 29.8 Å². The Morgan fingerprint density at radius 3 is 2.67 bits per heavy atom. The van der Waals surface area contributed by atoms with Gasteiger partial charge in [0.2, 0.25) is 0 Å². The molecular formula is C14H11ClN2O. The fraction of sp³-hybridized carbons (Fsp3) is 0.143. The van der Waals surface area contributed by atoms with Gasteiger partial charge in [-0.25, -0.2) is 4.98 Å². The van der Waals surface area contributed by atoms with Gasteiger partial charge in [-0.2, -0.15) is 0 Å². The largest absolute Gasteiger partial charge is 0.441 e. The number of pyridine rings is 1. The summed E-state index contributed by atoms with van der Waals surface area (Å²) in [4.78, 5) is 8.38. The van der Waals surface area contributed by atoms with Gasteiger partial charge in [-0.15, -0.1) is 11.6 Å². The first-order valence-electron chi connectivity index (χ1n) is 5.71. The molecule has 1 unspecified atom stereocenters. The molecule has 3 nitrogen and oxygen atoms in total. The summed E-state index contributed by atoms with van der Waals surface area (Å²) in [7, 11) is 0. The number of oxazole rings is 1. The lowest BCUT2D eigenvalue weighted by Gasteiger charge is -2.05. The molecular weight excluding hydrogens is 248 g/mol. The van der Waals surface area contributed by atoms with Crippen LogP contribution in [0.3, 0.4) is 0 Å². The highest BCUT2D eigenvalue weighted by Crippen LogP contribution is 2.25. The zero-order valence-corrected chi connectivity index (χ0v) is 10.3. The molecule has 0 N–H and O–H groups in total. The molecule has 90 valence electrons. The Bertz CT molecular complexity index is 618. The average Bonchev–Trinajstić information content (AvgIpc) is 2.82. The van der Waals surface area contributed by atoms with Crippen LogP contribution in [0.2, 0.25) is 0 Å². The van der Waals surface area contributed by atoms with Crippen molar-refractivity contribution in [1.82, 2.24) is 9.97 Å². The van der Waals surface area contributed by atoms with Crippen LogP contribution in [-0.4, -0.2) is 9.97 Å². The highest BCUT2D eigenvalue weighted by molar-refractivity contribution is 6.20. The Morgan fingerprint density at radius 1 is 1.11 bits per heavy atom. The Hall–Kier alpha value is -1.87. The summed E-state index contributed by atoms with van der Waals surface area (Å²) in [6, 6.07) is 11.5. The van der Waals surface area contributed by atoms with E-state index >= 15 is 0 Å². The normalized spacial score (nSPS) is 12.7. The Kier molecular flexibility index (Phi) is 2.99. The molecule has 18 heavy (non-hydrogen) atoms. The Balaban J connectivity index is 1.84. The molecule has 3 rings (SSSR count). The van der Waals surface area contributed by atoms with Crippen LogP contribution in [0.4, 0.5) is 0 Å². The maximum absolute atomic E-state index is 6.34. The minimum atomic E-state index is -0.152. The van der Waals surface area contributed by atoms with Crippen LogP contribution < -0.4 is 0 Å². The van der Waals surface area contributed by atoms with E-state index in [1.807, 2.05) is 36.4 Å². The SMILES string of the molecule is ClC(Cc1nc2ccccc2o1)c1ccncc1. The number of hydrogen-bond donors (Lipinski definition) is 0. The quantitative estimate of drug-likeness (QED) is 0.672. The van der Waals surface area contributed by atoms with Crippen LogP contribution >= 0.6 is 11.6 Å². The molecule has 0 fully saturated rings. The van der Waals surface area contributed by atoms with E-state index in [1.165, 1.54) is 0 Å². The molecule has 1 aromatic carbocycles. The van der Waals surface area contributed by atoms with Crippen molar-refractivity contribution in [3.8, 4) is 0 Å². The second-order valence-electron chi connectivity index (χ2n) is 4.03. The van der Waals surface area contributed by atoms with E-state index < -0.39 is 0 Å². The number of para-hydroxylation sites is 2. The number of fused-ring (bicyclic) bond motifs is 1. The van der Waals surface area contributed by atoms with Gasteiger partial charge in [0.1, 0.15) is 5.52 Å². The van der Waals surface area contributed by atoms with Crippen molar-refractivity contribution in [2.45, 2.75) is 11.8 Å². The molecule has 0 aliphatic rings. The fourth-order valence-electron chi connectivity index (χ4n) is 1.85. The van der Waals surface area contributed by atoms with Crippen molar-refractivity contribution < 1.29 is 4.42 Å². The third-order valence-corrected chi connectivity index (χ3v) is 3.17. The van der Waals surface area contributed by atoms with Crippen molar-refractivity contribution in [3.05, 3.63) is 60.2 Å². The summed E-state index contributed by atoms with van der Waals surface area (Å²) in [5, 5.41) is -0.152. The molecule has 0 spiro atoms. The smallest absolute Gasteiger partial charge is 0.197 e. The molecule has 1 atom stereocenters. The molecule has 0 bridgehead atoms. The summed E-state index contributed by atoms with van der Waals surface area (Å²) >= 11 is 6.34. The minimum absolute atomic E-state index is 0.152. The highest BCUT2D eigenvalue weighted by atomic mass is 35.5. The minimum Gasteiger partial charge on any atom is -0.441 e. The molecule has 0 amide bonds. The van der Waals surface area contributed by atoms with Crippen molar-refractivity contribution in [2.75, 3.05) is 0 Å². The standard InChI is InChI=1S/C14H11ClN2O/c15-11(10-5-7-16-8-6-10)9-14-17-12-3-1-2-4-13(12)18-14/h1-8,11H,9H2. The monoisotopic (exact) mass is 258 g/mol. The summed E-state index contributed by atoms with van der Waals surface area (Å²) in [5.74, 6) is 0.660. The van der Waals surface area contributed by atoms with E-state index in [-0.39, 0.29) is 5.38 Å². The van der Waals surface area contributed by atoms with Crippen molar-refractivity contribution in [1.29, 1.82) is 0 Å². The molecule has 2 heterocycles. The van der Waals surface area contributed by atoms with Crippen molar-refractivity contribution in [2.24, 2.45) is 0 Å². The van der Waals surface area contributed by atoms with Crippen LogP contribution in [0.1, 0.15) is 16.8 Å². The van der Waals surface area contributed by atoms with Gasteiger partial charge in [-0.1, -0.05) is 12.1 Å². The van der Waals surface area contributed by atoms with Gasteiger partial charge in [0.15, 0.2) is 11.5 Å². The molecule has 3 aromatic rings. The Labute approximate surface area is 109 Å². The second-order valence-corrected chi connectivity index (χ2v) is 4.55. The molecule has 0 aliphatic heterocycles. The van der Waals surface area contributed by atoms with Gasteiger partial charge in [0.25, 0.3) is 0 Å². The van der Waals surface area contributed by atoms with Crippen molar-refractivity contribution >= 4 is 22.7 Å². The highest BCUT2D eigenvalue weighted by Gasteiger charge is 2.13. The summed E-state index contributed by atoms with van der Waals surface area (Å²) < 4.78 is 5.65. The molecule has 0 radical (unpaired) electrons. The lowest BCUT2D eigenvalue weighted by atomic mass is 10.1. The van der Waals surface area contributed by atoms with Crippen LogP contribution in [-0.2, 0) is 6.42 Å². The lowest BCUT2D eigenvalue weighted by Crippen LogP contribution is -1.96. The summed E-state index contributed by atoms with van der Waals surface area (Å²) in [6.45, 7) is 0. The van der Waals surface area contributed by atoms with E-state index in [1.54, 1.807) is 12.4 Å². The third kappa shape index (κ3) is 2.22. The van der Waals surface area contributed by atoms with Crippen LogP contribution in [0.15, 0.2) is 53.2 Å². The topological polar surface area (TPSA) is 38.9 Å². The Morgan fingerprint density at radius 2 is 1.89 bits per heavy atom. The maximum Gasteiger partial charge on any atom is 0.197 e. The van der Waals surface area contributed by atoms with Gasteiger partial charge >= 0.3 is 0 Å². The molecule has 4 heteroatoms. The number of hydrogen-bond acceptors (Lipinski definition) is 3. The van der Waals surface area contributed by atoms with Crippen LogP contribution in [0.5, 0.6) is 0 Å². The zero-order chi connectivity index (χ0) is 12.4. The van der Waals surface area contributed by atoms with Crippen molar-refractivity contribution in [3.63, 3.8) is 0 Å². The van der Waals surface area contributed by atoms with E-state index in [9.17, 15) is 0 Å². The average molecular weight is 259 g/mol. The zero-order valence-electron chi connectivity index (χ0n) is 9.58. The van der Waals surface area contributed by atoms with Crippen LogP contribution in [0.25, 0.3) is 11.1 Å². The first-order chi connectivity index (χ1) is 8.83. The number of alkyl halides is 1. The number of rotatable bonds is 3. The van der Waals surface area contributed by atoms with Gasteiger partial charge in [0.05, 0.1) is 5.38 Å². The van der Waals surface area contributed by atoms with E-state index in [0.717, 1.165) is 16.7 Å². The number of halogens is 1. The number of aromatic nitrogens is 2. The third-order valence-electron chi connectivity index (χ3n) is 2.76. The fourth-order valence-corrected chi connectivity index (χ4v) is 2.13. The van der Waals surface area contributed by atoms with Gasteiger partial charge < -0.3 is 4.42 Å². The predicted octanol–water partition coefficient (Wildman–Crippen LogP) is 3.75. The first-order valence-corrected chi connectivity index (χ1v) is 6.15. The summed E-state index contributed by atoms with van der Waals surface area (Å²) in [6.07, 6.45) is 4.04. The first kappa shape index (κ1) is 11.2.